The Kier molecular flexibility index (Phi) is 4.47. The second-order valence-electron chi connectivity index (χ2n) is 5.11. The van der Waals surface area contributed by atoms with Crippen LogP contribution in [0.2, 0.25) is 0 Å². The van der Waals surface area contributed by atoms with E-state index >= 15 is 0 Å². The Hall–Kier alpha value is -2.88. The lowest BCUT2D eigenvalue weighted by atomic mass is 9.99. The van der Waals surface area contributed by atoms with Crippen molar-refractivity contribution in [3.05, 3.63) is 72.3 Å². The summed E-state index contributed by atoms with van der Waals surface area (Å²) in [4.78, 5) is 3.60. The number of hydrogen-bond donors (Lipinski definition) is 1. The number of aromatic hydroxyl groups is 1. The van der Waals surface area contributed by atoms with Crippen LogP contribution in [-0.2, 0) is 0 Å². The number of phenolic OH excluding ortho intramolecular Hbond substituents is 1. The van der Waals surface area contributed by atoms with Gasteiger partial charge in [-0.05, 0) is 59.2 Å². The topological polar surface area (TPSA) is 32.6 Å². The monoisotopic (exact) mass is 339 g/mol. The fraction of sp³-hybridized carbons (Fsp3) is 0. The van der Waals surface area contributed by atoms with E-state index in [0.717, 1.165) is 5.56 Å². The van der Waals surface area contributed by atoms with Gasteiger partial charge in [0, 0.05) is 5.56 Å². The molecule has 118 valence electrons. The van der Waals surface area contributed by atoms with Crippen molar-refractivity contribution >= 4 is 23.1 Å². The van der Waals surface area contributed by atoms with E-state index in [2.05, 4.69) is 22.4 Å². The SMILES string of the molecule is Oc1ccc(-c2ccc(-c3ccc(N=C=S)c(F)c3)c(F)c2)cc1. The number of rotatable bonds is 3. The molecule has 0 saturated heterocycles. The third-order valence-electron chi connectivity index (χ3n) is 3.59. The van der Waals surface area contributed by atoms with E-state index in [0.29, 0.717) is 11.1 Å². The van der Waals surface area contributed by atoms with Crippen molar-refractivity contribution < 1.29 is 13.9 Å². The Bertz CT molecular complexity index is 948. The van der Waals surface area contributed by atoms with Gasteiger partial charge in [-0.1, -0.05) is 30.3 Å². The van der Waals surface area contributed by atoms with Crippen molar-refractivity contribution in [1.29, 1.82) is 0 Å². The second-order valence-corrected chi connectivity index (χ2v) is 5.29. The first-order valence-electron chi connectivity index (χ1n) is 7.05. The minimum Gasteiger partial charge on any atom is -0.508 e. The maximum atomic E-state index is 14.5. The summed E-state index contributed by atoms with van der Waals surface area (Å²) in [6.45, 7) is 0. The van der Waals surface area contributed by atoms with Gasteiger partial charge in [-0.15, -0.1) is 0 Å². The van der Waals surface area contributed by atoms with Crippen LogP contribution in [0.15, 0.2) is 65.7 Å². The molecule has 0 aliphatic carbocycles. The molecule has 3 aromatic carbocycles. The molecule has 3 aromatic rings. The van der Waals surface area contributed by atoms with E-state index in [1.54, 1.807) is 30.3 Å². The molecule has 0 bridgehead atoms. The van der Waals surface area contributed by atoms with Crippen LogP contribution >= 0.6 is 12.2 Å². The Morgan fingerprint density at radius 3 is 2.04 bits per heavy atom. The van der Waals surface area contributed by atoms with E-state index in [1.807, 2.05) is 0 Å². The lowest BCUT2D eigenvalue weighted by molar-refractivity contribution is 0.475. The summed E-state index contributed by atoms with van der Waals surface area (Å²) in [6, 6.07) is 15.4. The maximum Gasteiger partial charge on any atom is 0.150 e. The normalized spacial score (nSPS) is 10.2. The van der Waals surface area contributed by atoms with Gasteiger partial charge < -0.3 is 5.11 Å². The van der Waals surface area contributed by atoms with E-state index in [4.69, 9.17) is 0 Å². The van der Waals surface area contributed by atoms with Gasteiger partial charge >= 0.3 is 0 Å². The molecule has 3 rings (SSSR count). The van der Waals surface area contributed by atoms with Gasteiger partial charge in [0.15, 0.2) is 0 Å². The third kappa shape index (κ3) is 3.23. The predicted octanol–water partition coefficient (Wildman–Crippen LogP) is 5.74. The number of phenols is 1. The fourth-order valence-corrected chi connectivity index (χ4v) is 2.50. The van der Waals surface area contributed by atoms with Crippen LogP contribution in [0.1, 0.15) is 0 Å². The van der Waals surface area contributed by atoms with Gasteiger partial charge in [0.2, 0.25) is 0 Å². The van der Waals surface area contributed by atoms with Gasteiger partial charge in [-0.25, -0.2) is 8.78 Å². The number of isothiocyanates is 1. The molecule has 0 aliphatic heterocycles. The summed E-state index contributed by atoms with van der Waals surface area (Å²) in [5.74, 6) is -0.914. The molecule has 0 spiro atoms. The number of thiocarbonyl (C=S) groups is 1. The van der Waals surface area contributed by atoms with Crippen LogP contribution in [0.4, 0.5) is 14.5 Å². The van der Waals surface area contributed by atoms with Crippen LogP contribution in [0.25, 0.3) is 22.3 Å². The molecule has 0 heterocycles. The zero-order valence-corrected chi connectivity index (χ0v) is 13.1. The Morgan fingerprint density at radius 2 is 1.42 bits per heavy atom. The highest BCUT2D eigenvalue weighted by Gasteiger charge is 2.10. The zero-order valence-electron chi connectivity index (χ0n) is 12.3. The summed E-state index contributed by atoms with van der Waals surface area (Å²) < 4.78 is 28.4. The van der Waals surface area contributed by atoms with Gasteiger partial charge in [-0.3, -0.25) is 0 Å². The highest BCUT2D eigenvalue weighted by atomic mass is 32.1. The molecule has 0 aromatic heterocycles. The minimum absolute atomic E-state index is 0.0647. The molecule has 0 unspecified atom stereocenters. The number of halogens is 2. The van der Waals surface area contributed by atoms with Gasteiger partial charge in [-0.2, -0.15) is 4.99 Å². The summed E-state index contributed by atoms with van der Waals surface area (Å²) in [7, 11) is 0. The van der Waals surface area contributed by atoms with Crippen LogP contribution in [0.3, 0.4) is 0 Å². The first kappa shape index (κ1) is 16.0. The first-order chi connectivity index (χ1) is 11.6. The lowest BCUT2D eigenvalue weighted by Crippen LogP contribution is -1.88. The summed E-state index contributed by atoms with van der Waals surface area (Å²) in [5, 5.41) is 11.4. The standard InChI is InChI=1S/C19H11F2NOS/c20-17-9-13(12-1-5-15(23)6-2-12)3-7-16(17)14-4-8-19(22-11-24)18(21)10-14/h1-10,23H. The highest BCUT2D eigenvalue weighted by Crippen LogP contribution is 2.31. The quantitative estimate of drug-likeness (QED) is 0.487. The highest BCUT2D eigenvalue weighted by molar-refractivity contribution is 7.78. The van der Waals surface area contributed by atoms with Crippen molar-refractivity contribution in [2.45, 2.75) is 0 Å². The van der Waals surface area contributed by atoms with Gasteiger partial charge in [0.25, 0.3) is 0 Å². The molecule has 24 heavy (non-hydrogen) atoms. The van der Waals surface area contributed by atoms with E-state index in [1.165, 1.54) is 30.3 Å². The average Bonchev–Trinajstić information content (AvgIpc) is 2.57. The van der Waals surface area contributed by atoms with Crippen LogP contribution in [0, 0.1) is 11.6 Å². The molecule has 0 radical (unpaired) electrons. The first-order valence-corrected chi connectivity index (χ1v) is 7.46. The lowest BCUT2D eigenvalue weighted by Gasteiger charge is -2.08. The molecule has 1 N–H and O–H groups in total. The Balaban J connectivity index is 1.99. The van der Waals surface area contributed by atoms with Crippen molar-refractivity contribution in [3.8, 4) is 28.0 Å². The molecule has 0 amide bonds. The van der Waals surface area contributed by atoms with Crippen LogP contribution in [0.5, 0.6) is 5.75 Å². The molecule has 2 nitrogen and oxygen atoms in total. The smallest absolute Gasteiger partial charge is 0.150 e. The summed E-state index contributed by atoms with van der Waals surface area (Å²) >= 11 is 4.45. The molecule has 0 atom stereocenters. The molecular formula is C19H11F2NOS. The van der Waals surface area contributed by atoms with E-state index in [-0.39, 0.29) is 17.0 Å². The molecule has 0 saturated carbocycles. The summed E-state index contributed by atoms with van der Waals surface area (Å²) in [5.41, 5.74) is 2.20. The predicted molar refractivity (Wildman–Crippen MR) is 93.6 cm³/mol. The zero-order chi connectivity index (χ0) is 17.1. The average molecular weight is 339 g/mol. The maximum absolute atomic E-state index is 14.5. The van der Waals surface area contributed by atoms with Crippen molar-refractivity contribution in [2.24, 2.45) is 4.99 Å². The molecule has 5 heteroatoms. The van der Waals surface area contributed by atoms with Gasteiger partial charge in [0.1, 0.15) is 23.1 Å². The minimum atomic E-state index is -0.591. The Labute approximate surface area is 142 Å². The largest absolute Gasteiger partial charge is 0.508 e. The van der Waals surface area contributed by atoms with E-state index in [9.17, 15) is 13.9 Å². The molecular weight excluding hydrogens is 328 g/mol. The van der Waals surface area contributed by atoms with Gasteiger partial charge in [0.05, 0.1) is 5.16 Å². The van der Waals surface area contributed by atoms with Crippen molar-refractivity contribution in [2.75, 3.05) is 0 Å². The Morgan fingerprint density at radius 1 is 0.792 bits per heavy atom. The van der Waals surface area contributed by atoms with Crippen molar-refractivity contribution in [1.82, 2.24) is 0 Å². The number of aliphatic imine (C=N–C) groups is 1. The number of nitrogens with zero attached hydrogens (tertiary/aromatic N) is 1. The van der Waals surface area contributed by atoms with Crippen LogP contribution in [-0.4, -0.2) is 10.3 Å². The number of hydrogen-bond acceptors (Lipinski definition) is 3. The third-order valence-corrected chi connectivity index (χ3v) is 3.69. The molecule has 0 fully saturated rings. The molecule has 0 aliphatic rings. The van der Waals surface area contributed by atoms with Crippen molar-refractivity contribution in [3.63, 3.8) is 0 Å². The summed E-state index contributed by atoms with van der Waals surface area (Å²) in [6.07, 6.45) is 0. The number of benzene rings is 3. The second kappa shape index (κ2) is 6.71. The van der Waals surface area contributed by atoms with E-state index < -0.39 is 11.6 Å². The fourth-order valence-electron chi connectivity index (χ4n) is 2.40. The van der Waals surface area contributed by atoms with Crippen LogP contribution < -0.4 is 0 Å².